The SMILES string of the molecule is Cc1cccc(C(C)(C)CNC(=O)CNC(=O)c2cc(F)cc(F)c2)c1. The molecule has 0 spiro atoms. The number of hydrogen-bond donors (Lipinski definition) is 2. The maximum Gasteiger partial charge on any atom is 0.251 e. The Balaban J connectivity index is 1.87. The molecule has 138 valence electrons. The molecule has 0 bridgehead atoms. The van der Waals surface area contributed by atoms with Gasteiger partial charge in [-0.15, -0.1) is 0 Å². The normalized spacial score (nSPS) is 11.1. The molecule has 0 aliphatic carbocycles. The molecule has 26 heavy (non-hydrogen) atoms. The number of carbonyl (C=O) groups excluding carboxylic acids is 2. The number of nitrogens with one attached hydrogen (secondary N) is 2. The van der Waals surface area contributed by atoms with Crippen molar-refractivity contribution in [1.29, 1.82) is 0 Å². The second-order valence-electron chi connectivity index (χ2n) is 6.87. The van der Waals surface area contributed by atoms with Gasteiger partial charge in [0.15, 0.2) is 0 Å². The zero-order chi connectivity index (χ0) is 19.3. The second kappa shape index (κ2) is 8.08. The van der Waals surface area contributed by atoms with Crippen LogP contribution in [0, 0.1) is 18.6 Å². The minimum absolute atomic E-state index is 0.171. The summed E-state index contributed by atoms with van der Waals surface area (Å²) in [4.78, 5) is 23.9. The lowest BCUT2D eigenvalue weighted by atomic mass is 9.84. The fourth-order valence-electron chi connectivity index (χ4n) is 2.50. The Labute approximate surface area is 151 Å². The summed E-state index contributed by atoms with van der Waals surface area (Å²) in [5.74, 6) is -2.79. The van der Waals surface area contributed by atoms with Crippen molar-refractivity contribution >= 4 is 11.8 Å². The van der Waals surface area contributed by atoms with E-state index in [1.807, 2.05) is 39.0 Å². The van der Waals surface area contributed by atoms with Gasteiger partial charge in [0.05, 0.1) is 6.54 Å². The Kier molecular flexibility index (Phi) is 6.08. The molecule has 0 fully saturated rings. The topological polar surface area (TPSA) is 58.2 Å². The number of benzene rings is 2. The Morgan fingerprint density at radius 2 is 1.65 bits per heavy atom. The van der Waals surface area contributed by atoms with Gasteiger partial charge in [-0.25, -0.2) is 8.78 Å². The van der Waals surface area contributed by atoms with E-state index < -0.39 is 17.5 Å². The first-order valence-corrected chi connectivity index (χ1v) is 8.25. The van der Waals surface area contributed by atoms with Crippen LogP contribution in [0.25, 0.3) is 0 Å². The number of rotatable bonds is 6. The van der Waals surface area contributed by atoms with Crippen LogP contribution >= 0.6 is 0 Å². The van der Waals surface area contributed by atoms with Crippen molar-refractivity contribution < 1.29 is 18.4 Å². The summed E-state index contributed by atoms with van der Waals surface area (Å²) in [6.07, 6.45) is 0. The predicted molar refractivity (Wildman–Crippen MR) is 95.9 cm³/mol. The molecule has 0 unspecified atom stereocenters. The highest BCUT2D eigenvalue weighted by atomic mass is 19.1. The van der Waals surface area contributed by atoms with Crippen molar-refractivity contribution in [1.82, 2.24) is 10.6 Å². The average Bonchev–Trinajstić information content (AvgIpc) is 2.57. The summed E-state index contributed by atoms with van der Waals surface area (Å²) >= 11 is 0. The molecule has 2 amide bonds. The molecule has 2 aromatic rings. The summed E-state index contributed by atoms with van der Waals surface area (Å²) in [5.41, 5.74) is 1.78. The summed E-state index contributed by atoms with van der Waals surface area (Å²) in [6.45, 7) is 6.13. The monoisotopic (exact) mass is 360 g/mol. The standard InChI is InChI=1S/C20H22F2N2O2/c1-13-5-4-6-15(7-13)20(2,3)12-24-18(25)11-23-19(26)14-8-16(21)10-17(22)9-14/h4-10H,11-12H2,1-3H3,(H,23,26)(H,24,25). The smallest absolute Gasteiger partial charge is 0.251 e. The van der Waals surface area contributed by atoms with Gasteiger partial charge in [0.1, 0.15) is 11.6 Å². The van der Waals surface area contributed by atoms with Crippen LogP contribution in [0.3, 0.4) is 0 Å². The van der Waals surface area contributed by atoms with E-state index in [2.05, 4.69) is 16.7 Å². The number of aryl methyl sites for hydroxylation is 1. The third kappa shape index (κ3) is 5.37. The summed E-state index contributed by atoms with van der Waals surface area (Å²) < 4.78 is 26.3. The van der Waals surface area contributed by atoms with Crippen molar-refractivity contribution in [2.24, 2.45) is 0 Å². The largest absolute Gasteiger partial charge is 0.354 e. The third-order valence-corrected chi connectivity index (χ3v) is 4.06. The van der Waals surface area contributed by atoms with E-state index in [4.69, 9.17) is 0 Å². The van der Waals surface area contributed by atoms with Crippen LogP contribution < -0.4 is 10.6 Å². The van der Waals surface area contributed by atoms with Gasteiger partial charge in [-0.2, -0.15) is 0 Å². The van der Waals surface area contributed by atoms with Crippen LogP contribution in [0.2, 0.25) is 0 Å². The number of amides is 2. The highest BCUT2D eigenvalue weighted by Crippen LogP contribution is 2.22. The van der Waals surface area contributed by atoms with Crippen molar-refractivity contribution in [3.05, 3.63) is 70.8 Å². The lowest BCUT2D eigenvalue weighted by Crippen LogP contribution is -2.42. The lowest BCUT2D eigenvalue weighted by molar-refractivity contribution is -0.120. The van der Waals surface area contributed by atoms with E-state index in [-0.39, 0.29) is 23.4 Å². The second-order valence-corrected chi connectivity index (χ2v) is 6.87. The van der Waals surface area contributed by atoms with Crippen LogP contribution in [-0.4, -0.2) is 24.9 Å². The highest BCUT2D eigenvalue weighted by molar-refractivity contribution is 5.96. The van der Waals surface area contributed by atoms with E-state index >= 15 is 0 Å². The van der Waals surface area contributed by atoms with Crippen LogP contribution in [0.15, 0.2) is 42.5 Å². The summed E-state index contributed by atoms with van der Waals surface area (Å²) in [7, 11) is 0. The maximum absolute atomic E-state index is 13.1. The van der Waals surface area contributed by atoms with Gasteiger partial charge < -0.3 is 10.6 Å². The zero-order valence-electron chi connectivity index (χ0n) is 15.0. The molecule has 0 aliphatic heterocycles. The molecular weight excluding hydrogens is 338 g/mol. The molecular formula is C20H22F2N2O2. The van der Waals surface area contributed by atoms with Crippen molar-refractivity contribution in [3.8, 4) is 0 Å². The molecule has 0 saturated heterocycles. The third-order valence-electron chi connectivity index (χ3n) is 4.06. The molecule has 0 aromatic heterocycles. The van der Waals surface area contributed by atoms with Gasteiger partial charge in [0.2, 0.25) is 5.91 Å². The zero-order valence-corrected chi connectivity index (χ0v) is 15.0. The van der Waals surface area contributed by atoms with Gasteiger partial charge in [-0.05, 0) is 24.6 Å². The molecule has 4 nitrogen and oxygen atoms in total. The van der Waals surface area contributed by atoms with Gasteiger partial charge in [0.25, 0.3) is 5.91 Å². The van der Waals surface area contributed by atoms with E-state index in [0.717, 1.165) is 23.3 Å². The highest BCUT2D eigenvalue weighted by Gasteiger charge is 2.21. The molecule has 2 rings (SSSR count). The van der Waals surface area contributed by atoms with Crippen LogP contribution in [-0.2, 0) is 10.2 Å². The first kappa shape index (κ1) is 19.6. The first-order valence-electron chi connectivity index (χ1n) is 8.25. The number of halogens is 2. The Morgan fingerprint density at radius 1 is 1.00 bits per heavy atom. The fraction of sp³-hybridized carbons (Fsp3) is 0.300. The van der Waals surface area contributed by atoms with Crippen LogP contribution in [0.1, 0.15) is 35.3 Å². The molecule has 0 atom stereocenters. The predicted octanol–water partition coefficient (Wildman–Crippen LogP) is 3.10. The minimum atomic E-state index is -0.848. The molecule has 2 N–H and O–H groups in total. The molecule has 2 aromatic carbocycles. The Hall–Kier alpha value is -2.76. The van der Waals surface area contributed by atoms with Crippen molar-refractivity contribution in [2.75, 3.05) is 13.1 Å². The lowest BCUT2D eigenvalue weighted by Gasteiger charge is -2.26. The van der Waals surface area contributed by atoms with Gasteiger partial charge in [0, 0.05) is 23.6 Å². The molecule has 0 aliphatic rings. The van der Waals surface area contributed by atoms with E-state index in [1.165, 1.54) is 0 Å². The number of carbonyl (C=O) groups is 2. The van der Waals surface area contributed by atoms with Gasteiger partial charge >= 0.3 is 0 Å². The maximum atomic E-state index is 13.1. The Bertz CT molecular complexity index is 799. The van der Waals surface area contributed by atoms with Gasteiger partial charge in [-0.1, -0.05) is 43.7 Å². The summed E-state index contributed by atoms with van der Waals surface area (Å²) in [6, 6.07) is 10.5. The first-order chi connectivity index (χ1) is 12.2. The van der Waals surface area contributed by atoms with Crippen molar-refractivity contribution in [3.63, 3.8) is 0 Å². The van der Waals surface area contributed by atoms with Crippen LogP contribution in [0.5, 0.6) is 0 Å². The Morgan fingerprint density at radius 3 is 2.27 bits per heavy atom. The molecule has 0 heterocycles. The number of hydrogen-bond acceptors (Lipinski definition) is 2. The minimum Gasteiger partial charge on any atom is -0.354 e. The van der Waals surface area contributed by atoms with Gasteiger partial charge in [-0.3, -0.25) is 9.59 Å². The molecule has 6 heteroatoms. The van der Waals surface area contributed by atoms with Crippen molar-refractivity contribution in [2.45, 2.75) is 26.2 Å². The van der Waals surface area contributed by atoms with E-state index in [0.29, 0.717) is 12.6 Å². The molecule has 0 saturated carbocycles. The summed E-state index contributed by atoms with van der Waals surface area (Å²) in [5, 5.41) is 5.12. The van der Waals surface area contributed by atoms with E-state index in [1.54, 1.807) is 0 Å². The van der Waals surface area contributed by atoms with E-state index in [9.17, 15) is 18.4 Å². The average molecular weight is 360 g/mol. The molecule has 0 radical (unpaired) electrons. The fourth-order valence-corrected chi connectivity index (χ4v) is 2.50. The van der Waals surface area contributed by atoms with Crippen LogP contribution in [0.4, 0.5) is 8.78 Å². The quantitative estimate of drug-likeness (QED) is 0.832.